The summed E-state index contributed by atoms with van der Waals surface area (Å²) in [6, 6.07) is 0. The van der Waals surface area contributed by atoms with Crippen molar-refractivity contribution in [2.24, 2.45) is 5.92 Å². The van der Waals surface area contributed by atoms with E-state index in [1.165, 1.54) is 0 Å². The van der Waals surface area contributed by atoms with E-state index in [-0.39, 0.29) is 17.4 Å². The third kappa shape index (κ3) is 4.38. The summed E-state index contributed by atoms with van der Waals surface area (Å²) in [5.41, 5.74) is 0.0342. The van der Waals surface area contributed by atoms with Crippen molar-refractivity contribution in [3.8, 4) is 0 Å². The molecule has 17 heavy (non-hydrogen) atoms. The molecule has 102 valence electrons. The van der Waals surface area contributed by atoms with Gasteiger partial charge in [0.2, 0.25) is 0 Å². The monoisotopic (exact) mass is 264 g/mol. The van der Waals surface area contributed by atoms with Gasteiger partial charge >= 0.3 is 14.8 Å². The van der Waals surface area contributed by atoms with Gasteiger partial charge in [-0.05, 0) is 12.8 Å². The summed E-state index contributed by atoms with van der Waals surface area (Å²) >= 11 is 0. The lowest BCUT2D eigenvalue weighted by Gasteiger charge is -2.33. The molecule has 5 nitrogen and oxygen atoms in total. The van der Waals surface area contributed by atoms with Gasteiger partial charge in [0.1, 0.15) is 0 Å². The molecule has 0 aliphatic carbocycles. The number of carbonyl (C=O) groups excluding carboxylic acids is 1. The Morgan fingerprint density at radius 1 is 1.12 bits per heavy atom. The molecule has 0 aromatic rings. The van der Waals surface area contributed by atoms with Crippen LogP contribution in [0.5, 0.6) is 0 Å². The third-order valence-electron chi connectivity index (χ3n) is 3.06. The molecule has 0 rings (SSSR count). The molecular weight excluding hydrogens is 240 g/mol. The van der Waals surface area contributed by atoms with Gasteiger partial charge in [-0.25, -0.2) is 0 Å². The third-order valence-corrected chi connectivity index (χ3v) is 6.45. The zero-order valence-electron chi connectivity index (χ0n) is 11.6. The van der Waals surface area contributed by atoms with Crippen LogP contribution in [0.1, 0.15) is 27.2 Å². The van der Waals surface area contributed by atoms with Crippen molar-refractivity contribution < 1.29 is 22.8 Å². The predicted molar refractivity (Wildman–Crippen MR) is 66.6 cm³/mol. The van der Waals surface area contributed by atoms with Crippen molar-refractivity contribution in [1.82, 2.24) is 0 Å². The Balaban J connectivity index is 4.55. The van der Waals surface area contributed by atoms with Crippen molar-refractivity contribution in [3.63, 3.8) is 0 Å². The van der Waals surface area contributed by atoms with E-state index < -0.39 is 8.80 Å². The Bertz CT molecular complexity index is 222. The topological polar surface area (TPSA) is 54.0 Å². The lowest BCUT2D eigenvalue weighted by Crippen LogP contribution is -2.49. The maximum absolute atomic E-state index is 11.4. The molecule has 0 saturated carbocycles. The molecule has 0 aromatic heterocycles. The Kier molecular flexibility index (Phi) is 7.61. The van der Waals surface area contributed by atoms with Gasteiger partial charge in [-0.1, -0.05) is 13.8 Å². The van der Waals surface area contributed by atoms with Crippen LogP contribution in [0.25, 0.3) is 0 Å². The molecule has 6 heteroatoms. The zero-order chi connectivity index (χ0) is 13.5. The first kappa shape index (κ1) is 16.6. The molecule has 0 spiro atoms. The molecule has 0 heterocycles. The first-order chi connectivity index (χ1) is 7.97. The molecule has 0 bridgehead atoms. The zero-order valence-corrected chi connectivity index (χ0v) is 12.6. The highest BCUT2D eigenvalue weighted by molar-refractivity contribution is 6.62. The lowest BCUT2D eigenvalue weighted by atomic mass is 10.1. The van der Waals surface area contributed by atoms with Crippen LogP contribution in [0, 0.1) is 5.92 Å². The molecular formula is C11H24O5Si. The van der Waals surface area contributed by atoms with Crippen LogP contribution in [-0.4, -0.2) is 42.7 Å². The average molecular weight is 264 g/mol. The summed E-state index contributed by atoms with van der Waals surface area (Å²) < 4.78 is 21.1. The lowest BCUT2D eigenvalue weighted by molar-refractivity contribution is -0.144. The van der Waals surface area contributed by atoms with E-state index in [1.807, 2.05) is 13.8 Å². The summed E-state index contributed by atoms with van der Waals surface area (Å²) in [6.45, 7) is 6.15. The second-order valence-electron chi connectivity index (χ2n) is 3.99. The van der Waals surface area contributed by atoms with E-state index >= 15 is 0 Å². The normalized spacial score (nSPS) is 15.4. The highest BCUT2D eigenvalue weighted by atomic mass is 28.4. The summed E-state index contributed by atoms with van der Waals surface area (Å²) in [7, 11) is 2.05. The highest BCUT2D eigenvalue weighted by Gasteiger charge is 2.47. The number of carbonyl (C=O) groups is 1. The maximum atomic E-state index is 11.4. The molecule has 0 amide bonds. The Morgan fingerprint density at radius 3 is 1.94 bits per heavy atom. The quantitative estimate of drug-likeness (QED) is 0.494. The Labute approximate surface area is 105 Å². The largest absolute Gasteiger partial charge is 0.503 e. The minimum atomic E-state index is -2.68. The highest BCUT2D eigenvalue weighted by Crippen LogP contribution is 2.33. The van der Waals surface area contributed by atoms with Crippen molar-refractivity contribution in [2.45, 2.75) is 32.7 Å². The van der Waals surface area contributed by atoms with E-state index in [0.717, 1.165) is 0 Å². The molecule has 0 radical (unpaired) electrons. The van der Waals surface area contributed by atoms with Gasteiger partial charge in [0.05, 0.1) is 6.61 Å². The molecule has 0 fully saturated rings. The van der Waals surface area contributed by atoms with Crippen LogP contribution >= 0.6 is 0 Å². The first-order valence-corrected chi connectivity index (χ1v) is 7.58. The standard InChI is InChI=1S/C11H24O5Si/c1-7-16-11(12)8-9(2)10(3)17(13-4,14-5)15-6/h9-10H,7-8H2,1-6H3. The number of hydrogen-bond donors (Lipinski definition) is 0. The molecule has 0 aliphatic heterocycles. The van der Waals surface area contributed by atoms with Crippen molar-refractivity contribution in [2.75, 3.05) is 27.9 Å². The first-order valence-electron chi connectivity index (χ1n) is 5.78. The van der Waals surface area contributed by atoms with E-state index in [1.54, 1.807) is 28.3 Å². The summed E-state index contributed by atoms with van der Waals surface area (Å²) in [5, 5.41) is 0. The number of rotatable bonds is 8. The number of esters is 1. The van der Waals surface area contributed by atoms with Gasteiger partial charge < -0.3 is 18.0 Å². The summed E-state index contributed by atoms with van der Waals surface area (Å²) in [6.07, 6.45) is 0.347. The van der Waals surface area contributed by atoms with E-state index in [2.05, 4.69) is 0 Å². The smallest absolute Gasteiger partial charge is 0.466 e. The van der Waals surface area contributed by atoms with Gasteiger partial charge in [-0.15, -0.1) is 0 Å². The second-order valence-corrected chi connectivity index (χ2v) is 7.33. The number of hydrogen-bond acceptors (Lipinski definition) is 5. The summed E-state index contributed by atoms with van der Waals surface area (Å²) in [5.74, 6) is -0.112. The van der Waals surface area contributed by atoms with Crippen LogP contribution < -0.4 is 0 Å². The van der Waals surface area contributed by atoms with Gasteiger partial charge in [0, 0.05) is 33.3 Å². The van der Waals surface area contributed by atoms with Crippen LogP contribution in [0.2, 0.25) is 5.54 Å². The minimum Gasteiger partial charge on any atom is -0.466 e. The second kappa shape index (κ2) is 7.81. The van der Waals surface area contributed by atoms with Crippen molar-refractivity contribution >= 4 is 14.8 Å². The average Bonchev–Trinajstić information content (AvgIpc) is 2.32. The van der Waals surface area contributed by atoms with Crippen LogP contribution in [0.4, 0.5) is 0 Å². The molecule has 2 atom stereocenters. The molecule has 0 aromatic carbocycles. The Hall–Kier alpha value is -0.433. The fourth-order valence-electron chi connectivity index (χ4n) is 1.82. The van der Waals surface area contributed by atoms with Gasteiger partial charge in [-0.2, -0.15) is 0 Å². The minimum absolute atomic E-state index is 0.0342. The van der Waals surface area contributed by atoms with Crippen molar-refractivity contribution in [3.05, 3.63) is 0 Å². The van der Waals surface area contributed by atoms with Gasteiger partial charge in [-0.3, -0.25) is 4.79 Å². The van der Waals surface area contributed by atoms with Crippen LogP contribution in [0.15, 0.2) is 0 Å². The Morgan fingerprint density at radius 2 is 1.59 bits per heavy atom. The van der Waals surface area contributed by atoms with Crippen molar-refractivity contribution in [1.29, 1.82) is 0 Å². The van der Waals surface area contributed by atoms with E-state index in [4.69, 9.17) is 18.0 Å². The van der Waals surface area contributed by atoms with Gasteiger partial charge in [0.25, 0.3) is 0 Å². The molecule has 0 N–H and O–H groups in total. The van der Waals surface area contributed by atoms with E-state index in [9.17, 15) is 4.79 Å². The predicted octanol–water partition coefficient (Wildman–Crippen LogP) is 1.84. The van der Waals surface area contributed by atoms with E-state index in [0.29, 0.717) is 13.0 Å². The fraction of sp³-hybridized carbons (Fsp3) is 0.909. The fourth-order valence-corrected chi connectivity index (χ4v) is 4.25. The SMILES string of the molecule is CCOC(=O)CC(C)C(C)[Si](OC)(OC)OC. The van der Waals surface area contributed by atoms with Crippen LogP contribution in [0.3, 0.4) is 0 Å². The number of ether oxygens (including phenoxy) is 1. The molecule has 0 saturated heterocycles. The molecule has 0 aliphatic rings. The maximum Gasteiger partial charge on any atom is 0.503 e. The summed E-state index contributed by atoms with van der Waals surface area (Å²) in [4.78, 5) is 11.4. The van der Waals surface area contributed by atoms with Gasteiger partial charge in [0.15, 0.2) is 0 Å². The van der Waals surface area contributed by atoms with Crippen LogP contribution in [-0.2, 0) is 22.8 Å². The molecule has 2 unspecified atom stereocenters.